The van der Waals surface area contributed by atoms with E-state index in [9.17, 15) is 14.4 Å². The Morgan fingerprint density at radius 1 is 1.47 bits per heavy atom. The highest BCUT2D eigenvalue weighted by atomic mass is 79.9. The first-order chi connectivity index (χ1) is 8.77. The number of carbonyl (C=O) groups excluding carboxylic acids is 3. The van der Waals surface area contributed by atoms with Gasteiger partial charge >= 0.3 is 6.03 Å². The Morgan fingerprint density at radius 3 is 2.53 bits per heavy atom. The third-order valence-electron chi connectivity index (χ3n) is 3.65. The van der Waals surface area contributed by atoms with Crippen molar-refractivity contribution in [1.29, 1.82) is 0 Å². The average molecular weight is 331 g/mol. The van der Waals surface area contributed by atoms with Crippen LogP contribution in [0.2, 0.25) is 0 Å². The molecule has 19 heavy (non-hydrogen) atoms. The quantitative estimate of drug-likeness (QED) is 0.787. The van der Waals surface area contributed by atoms with Crippen molar-refractivity contribution in [3.63, 3.8) is 0 Å². The van der Waals surface area contributed by atoms with Crippen LogP contribution in [0, 0.1) is 11.3 Å². The van der Waals surface area contributed by atoms with Crippen LogP contribution in [-0.4, -0.2) is 29.8 Å². The minimum Gasteiger partial charge on any atom is -0.277 e. The predicted molar refractivity (Wildman–Crippen MR) is 75.5 cm³/mol. The number of imide groups is 2. The molecule has 106 valence electrons. The lowest BCUT2D eigenvalue weighted by molar-refractivity contribution is -0.154. The van der Waals surface area contributed by atoms with Gasteiger partial charge in [0, 0.05) is 13.5 Å². The van der Waals surface area contributed by atoms with Gasteiger partial charge in [-0.05, 0) is 16.8 Å². The zero-order chi connectivity index (χ0) is 14.8. The van der Waals surface area contributed by atoms with Crippen LogP contribution in [0.15, 0.2) is 11.1 Å². The maximum atomic E-state index is 12.5. The summed E-state index contributed by atoms with van der Waals surface area (Å²) in [6.45, 7) is 7.59. The average Bonchev–Trinajstić information content (AvgIpc) is 2.32. The largest absolute Gasteiger partial charge is 0.330 e. The summed E-state index contributed by atoms with van der Waals surface area (Å²) in [5, 5.41) is 2.26. The molecular formula is C13H19BrN2O3. The van der Waals surface area contributed by atoms with Crippen molar-refractivity contribution in [1.82, 2.24) is 10.2 Å². The van der Waals surface area contributed by atoms with Crippen LogP contribution >= 0.6 is 15.9 Å². The number of allylic oxidation sites excluding steroid dienone is 1. The summed E-state index contributed by atoms with van der Waals surface area (Å²) >= 11 is 3.22. The fourth-order valence-corrected chi connectivity index (χ4v) is 2.97. The normalized spacial score (nSPS) is 25.3. The fraction of sp³-hybridized carbons (Fsp3) is 0.615. The zero-order valence-electron chi connectivity index (χ0n) is 11.5. The Bertz CT molecular complexity index is 436. The van der Waals surface area contributed by atoms with Gasteiger partial charge in [0.25, 0.3) is 0 Å². The molecule has 0 radical (unpaired) electrons. The number of amides is 4. The van der Waals surface area contributed by atoms with Gasteiger partial charge in [0.1, 0.15) is 5.41 Å². The smallest absolute Gasteiger partial charge is 0.277 e. The van der Waals surface area contributed by atoms with Crippen LogP contribution in [0.3, 0.4) is 0 Å². The van der Waals surface area contributed by atoms with Gasteiger partial charge < -0.3 is 0 Å². The van der Waals surface area contributed by atoms with Gasteiger partial charge in [-0.25, -0.2) is 4.79 Å². The van der Waals surface area contributed by atoms with Crippen molar-refractivity contribution < 1.29 is 14.4 Å². The van der Waals surface area contributed by atoms with Gasteiger partial charge in [0.2, 0.25) is 11.8 Å². The van der Waals surface area contributed by atoms with E-state index in [0.717, 1.165) is 17.7 Å². The molecule has 4 amide bonds. The maximum Gasteiger partial charge on any atom is 0.330 e. The molecule has 0 spiro atoms. The maximum absolute atomic E-state index is 12.5. The standard InChI is InChI=1S/C13H19BrN2O3/c1-5-6-8(2)13(7-9(3)14)10(17)15-12(19)16(4)11(13)18/h8H,3,5-7H2,1-2,4H3,(H,15,17,19). The van der Waals surface area contributed by atoms with Crippen molar-refractivity contribution in [3.05, 3.63) is 11.1 Å². The lowest BCUT2D eigenvalue weighted by Gasteiger charge is -2.41. The summed E-state index contributed by atoms with van der Waals surface area (Å²) < 4.78 is 0.571. The van der Waals surface area contributed by atoms with Crippen molar-refractivity contribution in [2.24, 2.45) is 11.3 Å². The molecular weight excluding hydrogens is 312 g/mol. The van der Waals surface area contributed by atoms with Crippen LogP contribution in [0.4, 0.5) is 4.79 Å². The van der Waals surface area contributed by atoms with Crippen LogP contribution in [0.25, 0.3) is 0 Å². The van der Waals surface area contributed by atoms with E-state index in [-0.39, 0.29) is 12.3 Å². The summed E-state index contributed by atoms with van der Waals surface area (Å²) in [7, 11) is 1.38. The molecule has 5 nitrogen and oxygen atoms in total. The van der Waals surface area contributed by atoms with Gasteiger partial charge in [-0.2, -0.15) is 0 Å². The molecule has 1 fully saturated rings. The summed E-state index contributed by atoms with van der Waals surface area (Å²) in [6.07, 6.45) is 1.77. The molecule has 0 aromatic carbocycles. The van der Waals surface area contributed by atoms with E-state index < -0.39 is 23.3 Å². The Kier molecular flexibility index (Phi) is 4.90. The highest BCUT2D eigenvalue weighted by Gasteiger charge is 2.55. The van der Waals surface area contributed by atoms with E-state index in [1.807, 2.05) is 13.8 Å². The number of nitrogens with zero attached hydrogens (tertiary/aromatic N) is 1. The van der Waals surface area contributed by atoms with Gasteiger partial charge in [-0.1, -0.05) is 42.8 Å². The van der Waals surface area contributed by atoms with Crippen molar-refractivity contribution >= 4 is 33.8 Å². The summed E-state index contributed by atoms with van der Waals surface area (Å²) in [4.78, 5) is 37.3. The SMILES string of the molecule is C=C(Br)CC1(C(C)CCC)C(=O)NC(=O)N(C)C1=O. The summed E-state index contributed by atoms with van der Waals surface area (Å²) in [5.74, 6) is -1.15. The third-order valence-corrected chi connectivity index (χ3v) is 3.93. The molecule has 0 saturated carbocycles. The van der Waals surface area contributed by atoms with Gasteiger partial charge in [0.05, 0.1) is 0 Å². The van der Waals surface area contributed by atoms with E-state index in [1.54, 1.807) is 0 Å². The minimum absolute atomic E-state index is 0.171. The number of halogens is 1. The van der Waals surface area contributed by atoms with Crippen molar-refractivity contribution in [2.45, 2.75) is 33.1 Å². The number of nitrogens with one attached hydrogen (secondary N) is 1. The predicted octanol–water partition coefficient (Wildman–Crippen LogP) is 2.42. The highest BCUT2D eigenvalue weighted by molar-refractivity contribution is 9.11. The monoisotopic (exact) mass is 330 g/mol. The van der Waals surface area contributed by atoms with E-state index in [0.29, 0.717) is 4.48 Å². The molecule has 1 aliphatic heterocycles. The number of hydrogen-bond donors (Lipinski definition) is 1. The third kappa shape index (κ3) is 2.73. The van der Waals surface area contributed by atoms with Gasteiger partial charge in [-0.3, -0.25) is 19.8 Å². The molecule has 1 heterocycles. The first-order valence-electron chi connectivity index (χ1n) is 6.24. The van der Waals surface area contributed by atoms with E-state index in [2.05, 4.69) is 27.8 Å². The first-order valence-corrected chi connectivity index (χ1v) is 7.03. The van der Waals surface area contributed by atoms with Gasteiger partial charge in [0.15, 0.2) is 0 Å². The number of urea groups is 1. The van der Waals surface area contributed by atoms with Crippen LogP contribution in [-0.2, 0) is 9.59 Å². The lowest BCUT2D eigenvalue weighted by Crippen LogP contribution is -2.64. The molecule has 0 bridgehead atoms. The van der Waals surface area contributed by atoms with E-state index in [4.69, 9.17) is 0 Å². The molecule has 1 aliphatic rings. The Balaban J connectivity index is 3.27. The first kappa shape index (κ1) is 15.9. The molecule has 1 rings (SSSR count). The minimum atomic E-state index is -1.25. The van der Waals surface area contributed by atoms with E-state index in [1.165, 1.54) is 7.05 Å². The van der Waals surface area contributed by atoms with Gasteiger partial charge in [-0.15, -0.1) is 0 Å². The molecule has 2 atom stereocenters. The molecule has 6 heteroatoms. The van der Waals surface area contributed by atoms with Crippen molar-refractivity contribution in [2.75, 3.05) is 7.05 Å². The Hall–Kier alpha value is -1.17. The molecule has 1 saturated heterocycles. The second kappa shape index (κ2) is 5.86. The Morgan fingerprint density at radius 2 is 2.05 bits per heavy atom. The highest BCUT2D eigenvalue weighted by Crippen LogP contribution is 2.41. The second-order valence-corrected chi connectivity index (χ2v) is 6.10. The van der Waals surface area contributed by atoms with Crippen molar-refractivity contribution in [3.8, 4) is 0 Å². The molecule has 2 unspecified atom stereocenters. The molecule has 1 N–H and O–H groups in total. The number of barbiturate groups is 1. The fourth-order valence-electron chi connectivity index (χ4n) is 2.53. The summed E-state index contributed by atoms with van der Waals surface area (Å²) in [5.41, 5.74) is -1.25. The number of hydrogen-bond acceptors (Lipinski definition) is 3. The second-order valence-electron chi connectivity index (χ2n) is 4.98. The molecule has 0 aromatic rings. The number of rotatable bonds is 5. The van der Waals surface area contributed by atoms with Crippen LogP contribution in [0.1, 0.15) is 33.1 Å². The van der Waals surface area contributed by atoms with E-state index >= 15 is 0 Å². The zero-order valence-corrected chi connectivity index (χ0v) is 13.0. The van der Waals surface area contributed by atoms with Crippen LogP contribution in [0.5, 0.6) is 0 Å². The topological polar surface area (TPSA) is 66.5 Å². The Labute approximate surface area is 121 Å². The molecule has 0 aliphatic carbocycles. The lowest BCUT2D eigenvalue weighted by atomic mass is 9.69. The molecule has 0 aromatic heterocycles. The summed E-state index contributed by atoms with van der Waals surface area (Å²) in [6, 6.07) is -0.672. The number of carbonyl (C=O) groups is 3. The van der Waals surface area contributed by atoms with Crippen LogP contribution < -0.4 is 5.32 Å².